The number of aryl methyl sites for hydroxylation is 6. The Kier molecular flexibility index (Phi) is 29.8. The molecule has 4 aromatic carbocycles. The summed E-state index contributed by atoms with van der Waals surface area (Å²) < 4.78 is 0. The van der Waals surface area contributed by atoms with Crippen molar-refractivity contribution in [3.63, 3.8) is 0 Å². The minimum atomic E-state index is -1.29. The number of rotatable bonds is 25. The van der Waals surface area contributed by atoms with Gasteiger partial charge in [-0.05, 0) is 160 Å². The van der Waals surface area contributed by atoms with Gasteiger partial charge in [-0.1, -0.05) is 130 Å². The van der Waals surface area contributed by atoms with E-state index in [1.807, 2.05) is 0 Å². The summed E-state index contributed by atoms with van der Waals surface area (Å²) in [5, 5.41) is 57.7. The van der Waals surface area contributed by atoms with Crippen molar-refractivity contribution in [1.82, 2.24) is 0 Å². The van der Waals surface area contributed by atoms with E-state index in [4.69, 9.17) is 30.4 Å². The molecule has 0 aromatic heterocycles. The smallest absolute Gasteiger partial charge is 0.869 e. The van der Waals surface area contributed by atoms with Crippen molar-refractivity contribution in [3.05, 3.63) is 105 Å². The van der Waals surface area contributed by atoms with E-state index < -0.39 is 34.9 Å². The molecule has 0 spiro atoms. The Balaban J connectivity index is 0.000000670. The maximum atomic E-state index is 11.2. The molecule has 10 nitrogen and oxygen atoms in total. The molecule has 0 aliphatic carbocycles. The molecule has 11 heteroatoms. The molecule has 0 saturated heterocycles. The molecule has 0 aliphatic heterocycles. The second kappa shape index (κ2) is 33.3. The number of aromatic hydroxyl groups is 2. The van der Waals surface area contributed by atoms with Crippen LogP contribution in [0, 0.1) is 0 Å². The van der Waals surface area contributed by atoms with E-state index in [-0.39, 0.29) is 27.6 Å². The van der Waals surface area contributed by atoms with Crippen molar-refractivity contribution in [2.24, 2.45) is 9.98 Å². The molecule has 0 radical (unpaired) electrons. The largest absolute Gasteiger partial charge is 2.00 e. The zero-order chi connectivity index (χ0) is 49.0. The number of carboxylic acids is 2. The molecule has 4 rings (SSSR count). The molecule has 370 valence electrons. The van der Waals surface area contributed by atoms with Crippen LogP contribution >= 0.6 is 0 Å². The van der Waals surface area contributed by atoms with Crippen LogP contribution in [-0.2, 0) is 55.0 Å². The Bertz CT molecular complexity index is 2030. The number of aliphatic imine (C=N–C) groups is 2. The van der Waals surface area contributed by atoms with Gasteiger partial charge in [-0.2, -0.15) is 0 Å². The number of hydrogen-bond donors (Lipinski definition) is 4. The number of phenolic OH excluding ortho intramolecular Hbond substituents is 2. The van der Waals surface area contributed by atoms with Gasteiger partial charge in [-0.25, -0.2) is 9.59 Å². The maximum Gasteiger partial charge on any atom is 2.00 e. The average Bonchev–Trinajstić information content (AvgIpc) is 3.31. The molecule has 0 heterocycles. The van der Waals surface area contributed by atoms with Gasteiger partial charge in [0.1, 0.15) is 11.5 Å². The molecule has 0 atom stereocenters. The molecule has 67 heavy (non-hydrogen) atoms. The SMILES string of the molecule is CCCCC(=Nc1ccc(CCCC)c(CCCC)c1)C(CCCC)=Nc1ccc(CCCC)c(CCCC)c1.CCc1ccc(O)c([O-])c1C(=O)O.CCc1ccc(O)c([O-])c1C(=O)O.[Ni+2]. The van der Waals surface area contributed by atoms with Gasteiger partial charge in [-0.3, -0.25) is 9.98 Å². The number of phenols is 2. The molecule has 4 N–H and O–H groups in total. The number of nitrogens with zero attached hydrogens (tertiary/aromatic N) is 2. The van der Waals surface area contributed by atoms with Crippen molar-refractivity contribution in [2.75, 3.05) is 0 Å². The van der Waals surface area contributed by atoms with E-state index >= 15 is 0 Å². The molecule has 4 aromatic rings. The van der Waals surface area contributed by atoms with Crippen LogP contribution in [0.3, 0.4) is 0 Å². The first kappa shape index (κ1) is 59.9. The summed E-state index contributed by atoms with van der Waals surface area (Å²) in [5.41, 5.74) is 10.9. The number of aromatic carboxylic acids is 2. The first-order chi connectivity index (χ1) is 31.7. The summed E-state index contributed by atoms with van der Waals surface area (Å²) in [7, 11) is 0. The van der Waals surface area contributed by atoms with Gasteiger partial charge >= 0.3 is 28.4 Å². The fourth-order valence-corrected chi connectivity index (χ4v) is 7.60. The Morgan fingerprint density at radius 2 is 0.746 bits per heavy atom. The molecule has 0 bridgehead atoms. The van der Waals surface area contributed by atoms with Crippen LogP contribution in [0.2, 0.25) is 0 Å². The predicted molar refractivity (Wildman–Crippen MR) is 268 cm³/mol. The quantitative estimate of drug-likeness (QED) is 0.0373. The van der Waals surface area contributed by atoms with Crippen molar-refractivity contribution in [2.45, 2.75) is 184 Å². The zero-order valence-electron chi connectivity index (χ0n) is 41.5. The molecule has 0 aliphatic rings. The fourth-order valence-electron chi connectivity index (χ4n) is 7.60. The number of hydrogen-bond acceptors (Lipinski definition) is 8. The molecule has 0 saturated carbocycles. The minimum absolute atomic E-state index is 0. The van der Waals surface area contributed by atoms with Crippen molar-refractivity contribution < 1.29 is 56.7 Å². The number of benzene rings is 4. The molecule has 0 amide bonds. The van der Waals surface area contributed by atoms with E-state index in [0.29, 0.717) is 24.0 Å². The summed E-state index contributed by atoms with van der Waals surface area (Å²) in [6.45, 7) is 17.2. The first-order valence-electron chi connectivity index (χ1n) is 24.6. The zero-order valence-corrected chi connectivity index (χ0v) is 42.5. The van der Waals surface area contributed by atoms with Gasteiger partial charge in [-0.15, -0.1) is 0 Å². The normalized spacial score (nSPS) is 11.2. The summed E-state index contributed by atoms with van der Waals surface area (Å²) in [6.07, 6.45) is 22.2. The Morgan fingerprint density at radius 3 is 1.03 bits per heavy atom. The third kappa shape index (κ3) is 19.9. The standard InChI is InChI=1S/C38H60N2.2C9H10O4.Ni/c1-7-13-19-31-25-27-35(29-33(31)21-15-9-3)39-37(23-17-11-5)38(24-18-12-6)40-36-28-26-32(20-14-8-2)34(30-36)22-16-10-4;2*1-2-5-3-4-6(10)8(11)7(5)9(12)13;/h25-30H,7-24H2,1-6H3;2*3-4,10-11H,2H2,1H3,(H,12,13);/q;;;+2/p-2. The molecule has 0 unspecified atom stereocenters. The van der Waals surface area contributed by atoms with E-state index in [9.17, 15) is 19.8 Å². The Hall–Kier alpha value is -5.15. The van der Waals surface area contributed by atoms with E-state index in [1.54, 1.807) is 13.8 Å². The van der Waals surface area contributed by atoms with Gasteiger partial charge in [0.2, 0.25) is 0 Å². The van der Waals surface area contributed by atoms with Crippen LogP contribution in [0.5, 0.6) is 23.0 Å². The third-order valence-corrected chi connectivity index (χ3v) is 11.6. The number of unbranched alkanes of at least 4 members (excludes halogenated alkanes) is 6. The third-order valence-electron chi connectivity index (χ3n) is 11.6. The van der Waals surface area contributed by atoms with Crippen LogP contribution in [-0.4, -0.2) is 43.8 Å². The van der Waals surface area contributed by atoms with Crippen LogP contribution in [0.25, 0.3) is 0 Å². The van der Waals surface area contributed by atoms with E-state index in [1.165, 1.54) is 135 Å². The fraction of sp³-hybridized carbons (Fsp3) is 0.500. The second-order valence-corrected chi connectivity index (χ2v) is 16.9. The van der Waals surface area contributed by atoms with Gasteiger partial charge in [0.15, 0.2) is 0 Å². The van der Waals surface area contributed by atoms with Crippen molar-refractivity contribution in [1.29, 1.82) is 0 Å². The summed E-state index contributed by atoms with van der Waals surface area (Å²) in [5.74, 6) is -5.25. The minimum Gasteiger partial charge on any atom is -0.869 e. The van der Waals surface area contributed by atoms with Gasteiger partial charge in [0.05, 0.1) is 33.9 Å². The molecule has 0 fully saturated rings. The van der Waals surface area contributed by atoms with Gasteiger partial charge in [0.25, 0.3) is 0 Å². The van der Waals surface area contributed by atoms with Crippen LogP contribution in [0.1, 0.15) is 199 Å². The monoisotopic (exact) mass is 965 g/mol. The maximum absolute atomic E-state index is 11.2. The Labute approximate surface area is 411 Å². The molecular weight excluding hydrogens is 887 g/mol. The number of carbonyl (C=O) groups is 2. The van der Waals surface area contributed by atoms with Gasteiger partial charge < -0.3 is 30.6 Å². The molecular formula is C56H78N2NiO8. The van der Waals surface area contributed by atoms with Crippen LogP contribution in [0.15, 0.2) is 70.6 Å². The van der Waals surface area contributed by atoms with Crippen LogP contribution < -0.4 is 10.2 Å². The summed E-state index contributed by atoms with van der Waals surface area (Å²) in [4.78, 5) is 32.0. The van der Waals surface area contributed by atoms with Crippen molar-refractivity contribution >= 4 is 34.7 Å². The average molecular weight is 966 g/mol. The van der Waals surface area contributed by atoms with Crippen molar-refractivity contribution in [3.8, 4) is 23.0 Å². The summed E-state index contributed by atoms with van der Waals surface area (Å²) >= 11 is 0. The van der Waals surface area contributed by atoms with E-state index in [0.717, 1.165) is 49.9 Å². The predicted octanol–water partition coefficient (Wildman–Crippen LogP) is 13.7. The second-order valence-electron chi connectivity index (χ2n) is 16.9. The summed E-state index contributed by atoms with van der Waals surface area (Å²) in [6, 6.07) is 19.3. The first-order valence-corrected chi connectivity index (χ1v) is 24.6. The van der Waals surface area contributed by atoms with Gasteiger partial charge in [0, 0.05) is 0 Å². The topological polar surface area (TPSA) is 186 Å². The van der Waals surface area contributed by atoms with Crippen LogP contribution in [0.4, 0.5) is 11.4 Å². The van der Waals surface area contributed by atoms with E-state index in [2.05, 4.69) is 77.9 Å². The Morgan fingerprint density at radius 1 is 0.448 bits per heavy atom. The number of carboxylic acid groups (broad SMARTS) is 2.